The fourth-order valence-electron chi connectivity index (χ4n) is 3.08. The maximum Gasteiger partial charge on any atom is 0.249 e. The Bertz CT molecular complexity index is 521. The van der Waals surface area contributed by atoms with E-state index in [-0.39, 0.29) is 23.8 Å². The minimum atomic E-state index is -0.730. The monoisotopic (exact) mass is 276 g/mol. The van der Waals surface area contributed by atoms with Crippen molar-refractivity contribution in [1.82, 2.24) is 10.2 Å². The zero-order chi connectivity index (χ0) is 14.3. The molecule has 2 unspecified atom stereocenters. The zero-order valence-electron chi connectivity index (χ0n) is 11.9. The third kappa shape index (κ3) is 2.01. The van der Waals surface area contributed by atoms with Gasteiger partial charge >= 0.3 is 0 Å². The van der Waals surface area contributed by atoms with Crippen molar-refractivity contribution < 1.29 is 14.0 Å². The molecule has 0 bridgehead atoms. The Labute approximate surface area is 118 Å². The molecule has 2 fully saturated rings. The lowest BCUT2D eigenvalue weighted by molar-refractivity contribution is -0.156. The van der Waals surface area contributed by atoms with E-state index in [2.05, 4.69) is 5.32 Å². The third-order valence-electron chi connectivity index (χ3n) is 4.48. The number of hydrogen-bond donors (Lipinski definition) is 1. The Balaban J connectivity index is 1.89. The summed E-state index contributed by atoms with van der Waals surface area (Å²) < 4.78 is 5.06. The molecule has 0 spiro atoms. The second-order valence-corrected chi connectivity index (χ2v) is 5.95. The number of rotatable bonds is 4. The van der Waals surface area contributed by atoms with Gasteiger partial charge in [-0.2, -0.15) is 0 Å². The molecule has 1 aromatic rings. The highest BCUT2D eigenvalue weighted by molar-refractivity contribution is 6.00. The van der Waals surface area contributed by atoms with Gasteiger partial charge in [0.05, 0.1) is 12.5 Å². The van der Waals surface area contributed by atoms with Crippen LogP contribution in [-0.2, 0) is 16.1 Å². The van der Waals surface area contributed by atoms with Crippen LogP contribution in [0.25, 0.3) is 0 Å². The van der Waals surface area contributed by atoms with E-state index in [1.807, 2.05) is 19.9 Å². The van der Waals surface area contributed by atoms with E-state index in [0.717, 1.165) is 18.4 Å². The van der Waals surface area contributed by atoms with Gasteiger partial charge in [0.2, 0.25) is 11.8 Å². The standard InChI is InChI=1S/C15H20N2O3/c1-3-12-13(18)16-15(2,11-4-5-11)14(19)17(12)8-10-6-7-20-9-10/h6-7,9,11-12H,3-5,8H2,1-2H3,(H,16,18). The Morgan fingerprint density at radius 1 is 1.45 bits per heavy atom. The van der Waals surface area contributed by atoms with Crippen LogP contribution in [0.2, 0.25) is 0 Å². The number of nitrogens with zero attached hydrogens (tertiary/aromatic N) is 1. The fraction of sp³-hybridized carbons (Fsp3) is 0.600. The van der Waals surface area contributed by atoms with Crippen LogP contribution >= 0.6 is 0 Å². The number of amides is 2. The molecule has 0 aromatic carbocycles. The molecular formula is C15H20N2O3. The SMILES string of the molecule is CCC1C(=O)NC(C)(C2CC2)C(=O)N1Cc1ccoc1. The maximum absolute atomic E-state index is 12.9. The summed E-state index contributed by atoms with van der Waals surface area (Å²) in [7, 11) is 0. The molecule has 108 valence electrons. The summed E-state index contributed by atoms with van der Waals surface area (Å²) in [5.74, 6) is 0.279. The van der Waals surface area contributed by atoms with Gasteiger partial charge in [0.15, 0.2) is 0 Å². The second kappa shape index (κ2) is 4.65. The van der Waals surface area contributed by atoms with Crippen LogP contribution in [0.1, 0.15) is 38.7 Å². The van der Waals surface area contributed by atoms with Crippen molar-refractivity contribution in [3.63, 3.8) is 0 Å². The highest BCUT2D eigenvalue weighted by Gasteiger charge is 2.54. The number of furan rings is 1. The van der Waals surface area contributed by atoms with Crippen molar-refractivity contribution in [2.45, 2.75) is 51.2 Å². The summed E-state index contributed by atoms with van der Waals surface area (Å²) in [6.07, 6.45) is 5.86. The molecule has 5 nitrogen and oxygen atoms in total. The molecule has 2 amide bonds. The van der Waals surface area contributed by atoms with Gasteiger partial charge < -0.3 is 14.6 Å². The summed E-state index contributed by atoms with van der Waals surface area (Å²) >= 11 is 0. The van der Waals surface area contributed by atoms with E-state index in [0.29, 0.717) is 13.0 Å². The molecule has 1 saturated heterocycles. The van der Waals surface area contributed by atoms with E-state index < -0.39 is 5.54 Å². The van der Waals surface area contributed by atoms with Crippen molar-refractivity contribution in [3.05, 3.63) is 24.2 Å². The molecule has 2 atom stereocenters. The molecule has 20 heavy (non-hydrogen) atoms. The Kier molecular flexibility index (Phi) is 3.07. The number of piperazine rings is 1. The predicted molar refractivity (Wildman–Crippen MR) is 72.6 cm³/mol. The second-order valence-electron chi connectivity index (χ2n) is 5.95. The van der Waals surface area contributed by atoms with Crippen LogP contribution in [0.4, 0.5) is 0 Å². The Hall–Kier alpha value is -1.78. The molecule has 2 heterocycles. The van der Waals surface area contributed by atoms with Gasteiger partial charge in [0, 0.05) is 12.1 Å². The first kappa shape index (κ1) is 13.2. The maximum atomic E-state index is 12.9. The van der Waals surface area contributed by atoms with E-state index in [4.69, 9.17) is 4.42 Å². The topological polar surface area (TPSA) is 62.6 Å². The average Bonchev–Trinajstić information content (AvgIpc) is 3.16. The predicted octanol–water partition coefficient (Wildman–Crippen LogP) is 1.69. The molecule has 5 heteroatoms. The van der Waals surface area contributed by atoms with Gasteiger partial charge in [0.25, 0.3) is 0 Å². The molecule has 3 rings (SSSR count). The van der Waals surface area contributed by atoms with Gasteiger partial charge in [-0.15, -0.1) is 0 Å². The minimum Gasteiger partial charge on any atom is -0.472 e. The van der Waals surface area contributed by atoms with Crippen molar-refractivity contribution in [2.75, 3.05) is 0 Å². The summed E-state index contributed by atoms with van der Waals surface area (Å²) in [6, 6.07) is 1.45. The Morgan fingerprint density at radius 3 is 2.75 bits per heavy atom. The van der Waals surface area contributed by atoms with Crippen LogP contribution < -0.4 is 5.32 Å². The van der Waals surface area contributed by atoms with E-state index in [1.54, 1.807) is 17.4 Å². The first-order chi connectivity index (χ1) is 9.56. The summed E-state index contributed by atoms with van der Waals surface area (Å²) in [4.78, 5) is 26.9. The normalized spacial score (nSPS) is 30.5. The van der Waals surface area contributed by atoms with Gasteiger partial charge in [-0.1, -0.05) is 6.92 Å². The first-order valence-corrected chi connectivity index (χ1v) is 7.20. The molecule has 1 aliphatic heterocycles. The van der Waals surface area contributed by atoms with E-state index in [9.17, 15) is 9.59 Å². The lowest BCUT2D eigenvalue weighted by atomic mass is 9.88. The van der Waals surface area contributed by atoms with Gasteiger partial charge in [0.1, 0.15) is 11.6 Å². The number of carbonyl (C=O) groups is 2. The number of hydrogen-bond acceptors (Lipinski definition) is 3. The lowest BCUT2D eigenvalue weighted by Gasteiger charge is -2.44. The average molecular weight is 276 g/mol. The van der Waals surface area contributed by atoms with E-state index in [1.165, 1.54) is 0 Å². The first-order valence-electron chi connectivity index (χ1n) is 7.20. The third-order valence-corrected chi connectivity index (χ3v) is 4.48. The van der Waals surface area contributed by atoms with Crippen molar-refractivity contribution in [1.29, 1.82) is 0 Å². The zero-order valence-corrected chi connectivity index (χ0v) is 11.9. The molecule has 1 aromatic heterocycles. The fourth-order valence-corrected chi connectivity index (χ4v) is 3.08. The van der Waals surface area contributed by atoms with Crippen molar-refractivity contribution in [2.24, 2.45) is 5.92 Å². The highest BCUT2D eigenvalue weighted by atomic mass is 16.3. The minimum absolute atomic E-state index is 0.0349. The molecular weight excluding hydrogens is 256 g/mol. The smallest absolute Gasteiger partial charge is 0.249 e. The summed E-state index contributed by atoms with van der Waals surface area (Å²) in [6.45, 7) is 4.22. The Morgan fingerprint density at radius 2 is 2.20 bits per heavy atom. The van der Waals surface area contributed by atoms with Crippen molar-refractivity contribution >= 4 is 11.8 Å². The molecule has 1 N–H and O–H groups in total. The van der Waals surface area contributed by atoms with Gasteiger partial charge in [-0.05, 0) is 38.2 Å². The van der Waals surface area contributed by atoms with Crippen LogP contribution in [0, 0.1) is 5.92 Å². The number of carbonyl (C=O) groups excluding carboxylic acids is 2. The molecule has 0 radical (unpaired) electrons. The van der Waals surface area contributed by atoms with Crippen LogP contribution in [-0.4, -0.2) is 28.3 Å². The van der Waals surface area contributed by atoms with Crippen LogP contribution in [0.3, 0.4) is 0 Å². The quantitative estimate of drug-likeness (QED) is 0.910. The van der Waals surface area contributed by atoms with Crippen molar-refractivity contribution in [3.8, 4) is 0 Å². The summed E-state index contributed by atoms with van der Waals surface area (Å²) in [5, 5.41) is 2.96. The number of nitrogens with one attached hydrogen (secondary N) is 1. The van der Waals surface area contributed by atoms with Gasteiger partial charge in [-0.25, -0.2) is 0 Å². The lowest BCUT2D eigenvalue weighted by Crippen LogP contribution is -2.69. The molecule has 1 saturated carbocycles. The molecule has 1 aliphatic carbocycles. The molecule has 2 aliphatic rings. The van der Waals surface area contributed by atoms with Crippen LogP contribution in [0.15, 0.2) is 23.0 Å². The van der Waals surface area contributed by atoms with Gasteiger partial charge in [-0.3, -0.25) is 9.59 Å². The summed E-state index contributed by atoms with van der Waals surface area (Å²) in [5.41, 5.74) is 0.191. The van der Waals surface area contributed by atoms with Crippen LogP contribution in [0.5, 0.6) is 0 Å². The highest BCUT2D eigenvalue weighted by Crippen LogP contribution is 2.42. The largest absolute Gasteiger partial charge is 0.472 e. The van der Waals surface area contributed by atoms with E-state index >= 15 is 0 Å².